The molecule has 4 nitrogen and oxygen atoms in total. The Kier molecular flexibility index (Phi) is 2.81. The zero-order valence-corrected chi connectivity index (χ0v) is 10.2. The second-order valence-corrected chi connectivity index (χ2v) is 4.83. The highest BCUT2D eigenvalue weighted by atomic mass is 15.2. The average molecular weight is 230 g/mol. The number of pyridine rings is 1. The van der Waals surface area contributed by atoms with E-state index in [0.29, 0.717) is 6.04 Å². The van der Waals surface area contributed by atoms with Gasteiger partial charge < -0.3 is 5.32 Å². The summed E-state index contributed by atoms with van der Waals surface area (Å²) in [6.07, 6.45) is 4.86. The van der Waals surface area contributed by atoms with Crippen LogP contribution in [0, 0.1) is 6.92 Å². The third kappa shape index (κ3) is 2.05. The SMILES string of the molecule is Cc1cccc2nnc(CC3CCCCN3)n12. The number of fused-ring (bicyclic) bond motifs is 1. The van der Waals surface area contributed by atoms with E-state index in [9.17, 15) is 0 Å². The van der Waals surface area contributed by atoms with E-state index < -0.39 is 0 Å². The molecule has 0 aromatic carbocycles. The van der Waals surface area contributed by atoms with Crippen LogP contribution in [0.2, 0.25) is 0 Å². The Labute approximate surface area is 101 Å². The molecule has 2 aromatic rings. The van der Waals surface area contributed by atoms with E-state index in [1.165, 1.54) is 25.0 Å². The van der Waals surface area contributed by atoms with Gasteiger partial charge in [-0.3, -0.25) is 4.40 Å². The van der Waals surface area contributed by atoms with Gasteiger partial charge in [-0.2, -0.15) is 0 Å². The topological polar surface area (TPSA) is 42.2 Å². The summed E-state index contributed by atoms with van der Waals surface area (Å²) in [5.41, 5.74) is 2.16. The predicted octanol–water partition coefficient (Wildman–Crippen LogP) is 1.72. The van der Waals surface area contributed by atoms with Crippen molar-refractivity contribution in [1.29, 1.82) is 0 Å². The average Bonchev–Trinajstić information content (AvgIpc) is 2.75. The number of aromatic nitrogens is 3. The normalized spacial score (nSPS) is 20.9. The molecule has 0 saturated carbocycles. The first-order valence-electron chi connectivity index (χ1n) is 6.37. The zero-order valence-electron chi connectivity index (χ0n) is 10.2. The molecule has 17 heavy (non-hydrogen) atoms. The third-order valence-corrected chi connectivity index (χ3v) is 3.53. The van der Waals surface area contributed by atoms with Gasteiger partial charge in [0.05, 0.1) is 0 Å². The van der Waals surface area contributed by atoms with Gasteiger partial charge in [0, 0.05) is 18.2 Å². The fourth-order valence-electron chi connectivity index (χ4n) is 2.62. The van der Waals surface area contributed by atoms with Crippen molar-refractivity contribution in [1.82, 2.24) is 19.9 Å². The van der Waals surface area contributed by atoms with Gasteiger partial charge in [-0.25, -0.2) is 0 Å². The first-order valence-corrected chi connectivity index (χ1v) is 6.37. The molecule has 3 rings (SSSR count). The van der Waals surface area contributed by atoms with Crippen LogP contribution in [0.15, 0.2) is 18.2 Å². The van der Waals surface area contributed by atoms with Gasteiger partial charge in [0.15, 0.2) is 5.65 Å². The Morgan fingerprint density at radius 2 is 2.29 bits per heavy atom. The van der Waals surface area contributed by atoms with Crippen molar-refractivity contribution in [3.8, 4) is 0 Å². The molecular formula is C13H18N4. The number of hydrogen-bond donors (Lipinski definition) is 1. The molecule has 0 spiro atoms. The van der Waals surface area contributed by atoms with Crippen LogP contribution in [0.3, 0.4) is 0 Å². The van der Waals surface area contributed by atoms with E-state index in [0.717, 1.165) is 24.4 Å². The van der Waals surface area contributed by atoms with Gasteiger partial charge >= 0.3 is 0 Å². The summed E-state index contributed by atoms with van der Waals surface area (Å²) < 4.78 is 2.16. The molecule has 1 fully saturated rings. The molecule has 90 valence electrons. The highest BCUT2D eigenvalue weighted by Gasteiger charge is 2.16. The Bertz CT molecular complexity index is 511. The molecule has 0 bridgehead atoms. The summed E-state index contributed by atoms with van der Waals surface area (Å²) >= 11 is 0. The van der Waals surface area contributed by atoms with Crippen molar-refractivity contribution in [3.05, 3.63) is 29.7 Å². The molecule has 1 atom stereocenters. The van der Waals surface area contributed by atoms with Crippen LogP contribution in [0.25, 0.3) is 5.65 Å². The molecule has 2 aromatic heterocycles. The summed E-state index contributed by atoms with van der Waals surface area (Å²) in [6.45, 7) is 3.24. The van der Waals surface area contributed by atoms with Crippen molar-refractivity contribution < 1.29 is 0 Å². The highest BCUT2D eigenvalue weighted by molar-refractivity contribution is 5.39. The van der Waals surface area contributed by atoms with Crippen LogP contribution >= 0.6 is 0 Å². The highest BCUT2D eigenvalue weighted by Crippen LogP contribution is 2.14. The van der Waals surface area contributed by atoms with E-state index in [1.807, 2.05) is 12.1 Å². The molecule has 0 radical (unpaired) electrons. The Balaban J connectivity index is 1.89. The molecule has 0 aliphatic carbocycles. The molecule has 4 heteroatoms. The predicted molar refractivity (Wildman–Crippen MR) is 67.1 cm³/mol. The minimum absolute atomic E-state index is 0.566. The lowest BCUT2D eigenvalue weighted by atomic mass is 10.0. The maximum Gasteiger partial charge on any atom is 0.160 e. The van der Waals surface area contributed by atoms with E-state index >= 15 is 0 Å². The van der Waals surface area contributed by atoms with Crippen LogP contribution in [0.1, 0.15) is 30.8 Å². The monoisotopic (exact) mass is 230 g/mol. The first kappa shape index (κ1) is 10.7. The second-order valence-electron chi connectivity index (χ2n) is 4.83. The Morgan fingerprint density at radius 1 is 1.35 bits per heavy atom. The fraction of sp³-hybridized carbons (Fsp3) is 0.538. The van der Waals surface area contributed by atoms with E-state index in [1.54, 1.807) is 0 Å². The molecule has 1 saturated heterocycles. The van der Waals surface area contributed by atoms with E-state index in [-0.39, 0.29) is 0 Å². The lowest BCUT2D eigenvalue weighted by Crippen LogP contribution is -2.36. The maximum atomic E-state index is 4.32. The summed E-state index contributed by atoms with van der Waals surface area (Å²) in [5, 5.41) is 12.1. The Hall–Kier alpha value is -1.42. The van der Waals surface area contributed by atoms with Gasteiger partial charge in [-0.15, -0.1) is 10.2 Å². The molecule has 1 N–H and O–H groups in total. The summed E-state index contributed by atoms with van der Waals surface area (Å²) in [7, 11) is 0. The summed E-state index contributed by atoms with van der Waals surface area (Å²) in [4.78, 5) is 0. The van der Waals surface area contributed by atoms with Crippen molar-refractivity contribution in [2.24, 2.45) is 0 Å². The second kappa shape index (κ2) is 4.45. The fourth-order valence-corrected chi connectivity index (χ4v) is 2.62. The van der Waals surface area contributed by atoms with Crippen molar-refractivity contribution in [2.75, 3.05) is 6.54 Å². The molecular weight excluding hydrogens is 212 g/mol. The maximum absolute atomic E-state index is 4.32. The van der Waals surface area contributed by atoms with Crippen LogP contribution in [-0.2, 0) is 6.42 Å². The van der Waals surface area contributed by atoms with Gasteiger partial charge in [-0.1, -0.05) is 12.5 Å². The van der Waals surface area contributed by atoms with Crippen LogP contribution in [0.5, 0.6) is 0 Å². The summed E-state index contributed by atoms with van der Waals surface area (Å²) in [6, 6.07) is 6.71. The number of piperidine rings is 1. The van der Waals surface area contributed by atoms with Crippen LogP contribution in [0.4, 0.5) is 0 Å². The zero-order chi connectivity index (χ0) is 11.7. The van der Waals surface area contributed by atoms with Gasteiger partial charge in [-0.05, 0) is 38.4 Å². The minimum atomic E-state index is 0.566. The first-order chi connectivity index (χ1) is 8.34. The lowest BCUT2D eigenvalue weighted by Gasteiger charge is -2.22. The molecule has 0 amide bonds. The van der Waals surface area contributed by atoms with Gasteiger partial charge in [0.2, 0.25) is 0 Å². The van der Waals surface area contributed by atoms with Gasteiger partial charge in [0.1, 0.15) is 5.82 Å². The number of hydrogen-bond acceptors (Lipinski definition) is 3. The van der Waals surface area contributed by atoms with E-state index in [4.69, 9.17) is 0 Å². The quantitative estimate of drug-likeness (QED) is 0.854. The standard InChI is InChI=1S/C13H18N4/c1-10-5-4-7-12-15-16-13(17(10)12)9-11-6-2-3-8-14-11/h4-5,7,11,14H,2-3,6,8-9H2,1H3. The Morgan fingerprint density at radius 3 is 3.12 bits per heavy atom. The number of rotatable bonds is 2. The number of aryl methyl sites for hydroxylation is 1. The van der Waals surface area contributed by atoms with Crippen molar-refractivity contribution >= 4 is 5.65 Å². The van der Waals surface area contributed by atoms with Crippen LogP contribution < -0.4 is 5.32 Å². The molecule has 1 aliphatic rings. The van der Waals surface area contributed by atoms with E-state index in [2.05, 4.69) is 32.9 Å². The van der Waals surface area contributed by atoms with Crippen molar-refractivity contribution in [3.63, 3.8) is 0 Å². The third-order valence-electron chi connectivity index (χ3n) is 3.53. The van der Waals surface area contributed by atoms with Gasteiger partial charge in [0.25, 0.3) is 0 Å². The van der Waals surface area contributed by atoms with Crippen LogP contribution in [-0.4, -0.2) is 27.2 Å². The summed E-state index contributed by atoms with van der Waals surface area (Å²) in [5.74, 6) is 1.08. The number of nitrogens with zero attached hydrogens (tertiary/aromatic N) is 3. The molecule has 3 heterocycles. The smallest absolute Gasteiger partial charge is 0.160 e. The van der Waals surface area contributed by atoms with Crippen molar-refractivity contribution in [2.45, 2.75) is 38.6 Å². The molecule has 1 unspecified atom stereocenters. The molecule has 1 aliphatic heterocycles. The lowest BCUT2D eigenvalue weighted by molar-refractivity contribution is 0.393. The number of nitrogens with one attached hydrogen (secondary N) is 1. The minimum Gasteiger partial charge on any atom is -0.314 e. The largest absolute Gasteiger partial charge is 0.314 e.